The first kappa shape index (κ1) is 36.0. The van der Waals surface area contributed by atoms with Crippen molar-refractivity contribution in [1.82, 2.24) is 10.2 Å². The molecule has 0 aliphatic carbocycles. The highest BCUT2D eigenvalue weighted by molar-refractivity contribution is 7.92. The molecule has 1 N–H and O–H groups in total. The SMILES string of the molecule is CCCCNC(=O)[C@H](Cc1ccccc1)N(Cc1ccc(Cl)c(Cl)c1)C(=O)CN(c1cc(C)ccc1C)S(=O)(=O)c1ccc(C)cc1. The molecule has 0 aliphatic heterocycles. The zero-order valence-electron chi connectivity index (χ0n) is 27.2. The number of carbonyl (C=O) groups is 2. The fourth-order valence-corrected chi connectivity index (χ4v) is 7.02. The average Bonchev–Trinajstić information content (AvgIpc) is 3.05. The molecule has 248 valence electrons. The number of benzene rings is 4. The van der Waals surface area contributed by atoms with Gasteiger partial charge in [-0.3, -0.25) is 13.9 Å². The van der Waals surface area contributed by atoms with Gasteiger partial charge in [0.2, 0.25) is 11.8 Å². The summed E-state index contributed by atoms with van der Waals surface area (Å²) in [4.78, 5) is 30.1. The predicted octanol–water partition coefficient (Wildman–Crippen LogP) is 7.67. The van der Waals surface area contributed by atoms with Gasteiger partial charge < -0.3 is 10.2 Å². The highest BCUT2D eigenvalue weighted by atomic mass is 35.5. The van der Waals surface area contributed by atoms with Crippen LogP contribution in [0, 0.1) is 20.8 Å². The number of amides is 2. The van der Waals surface area contributed by atoms with Gasteiger partial charge in [-0.05, 0) is 79.8 Å². The third-order valence-corrected chi connectivity index (χ3v) is 10.5. The number of anilines is 1. The number of sulfonamides is 1. The number of halogens is 2. The van der Waals surface area contributed by atoms with Crippen molar-refractivity contribution in [2.45, 2.75) is 64.4 Å². The smallest absolute Gasteiger partial charge is 0.264 e. The van der Waals surface area contributed by atoms with E-state index in [0.717, 1.165) is 33.8 Å². The summed E-state index contributed by atoms with van der Waals surface area (Å²) in [6.45, 7) is 7.50. The monoisotopic (exact) mass is 693 g/mol. The summed E-state index contributed by atoms with van der Waals surface area (Å²) in [7, 11) is -4.20. The summed E-state index contributed by atoms with van der Waals surface area (Å²) in [5.41, 5.74) is 4.32. The summed E-state index contributed by atoms with van der Waals surface area (Å²) in [5, 5.41) is 3.66. The second-order valence-electron chi connectivity index (χ2n) is 11.7. The van der Waals surface area contributed by atoms with Gasteiger partial charge in [-0.2, -0.15) is 0 Å². The Morgan fingerprint density at radius 2 is 1.49 bits per heavy atom. The summed E-state index contributed by atoms with van der Waals surface area (Å²) in [6.07, 6.45) is 1.89. The van der Waals surface area contributed by atoms with E-state index in [1.807, 2.05) is 70.2 Å². The highest BCUT2D eigenvalue weighted by Crippen LogP contribution is 2.30. The van der Waals surface area contributed by atoms with Crippen molar-refractivity contribution in [3.63, 3.8) is 0 Å². The molecular formula is C37H41Cl2N3O4S. The van der Waals surface area contributed by atoms with Gasteiger partial charge in [0, 0.05) is 19.5 Å². The first-order valence-electron chi connectivity index (χ1n) is 15.6. The normalized spacial score (nSPS) is 12.0. The van der Waals surface area contributed by atoms with E-state index >= 15 is 0 Å². The molecule has 47 heavy (non-hydrogen) atoms. The second-order valence-corrected chi connectivity index (χ2v) is 14.4. The Hall–Kier alpha value is -3.85. The summed E-state index contributed by atoms with van der Waals surface area (Å²) in [5.74, 6) is -0.866. The summed E-state index contributed by atoms with van der Waals surface area (Å²) in [6, 6.07) is 25.6. The maximum absolute atomic E-state index is 14.7. The zero-order chi connectivity index (χ0) is 34.1. The Labute approximate surface area is 288 Å². The molecule has 4 rings (SSSR count). The van der Waals surface area contributed by atoms with Crippen LogP contribution in [0.15, 0.2) is 95.9 Å². The molecular weight excluding hydrogens is 653 g/mol. The van der Waals surface area contributed by atoms with Crippen molar-refractivity contribution < 1.29 is 18.0 Å². The van der Waals surface area contributed by atoms with Crippen molar-refractivity contribution in [3.05, 3.63) is 129 Å². The third kappa shape index (κ3) is 9.37. The molecule has 0 aromatic heterocycles. The fourth-order valence-electron chi connectivity index (χ4n) is 5.23. The van der Waals surface area contributed by atoms with Crippen LogP contribution in [0.1, 0.15) is 47.6 Å². The lowest BCUT2D eigenvalue weighted by Gasteiger charge is -2.34. The maximum atomic E-state index is 14.7. The Kier molecular flexibility index (Phi) is 12.5. The van der Waals surface area contributed by atoms with E-state index in [0.29, 0.717) is 33.4 Å². The number of nitrogens with one attached hydrogen (secondary N) is 1. The van der Waals surface area contributed by atoms with Crippen molar-refractivity contribution >= 4 is 50.7 Å². The molecule has 7 nitrogen and oxygen atoms in total. The van der Waals surface area contributed by atoms with Gasteiger partial charge in [-0.25, -0.2) is 8.42 Å². The number of nitrogens with zero attached hydrogens (tertiary/aromatic N) is 2. The molecule has 0 saturated heterocycles. The molecule has 0 unspecified atom stereocenters. The first-order valence-corrected chi connectivity index (χ1v) is 17.8. The van der Waals surface area contributed by atoms with E-state index in [4.69, 9.17) is 23.2 Å². The average molecular weight is 695 g/mol. The predicted molar refractivity (Wildman–Crippen MR) is 190 cm³/mol. The molecule has 0 saturated carbocycles. The molecule has 0 aliphatic rings. The molecule has 2 amide bonds. The quantitative estimate of drug-likeness (QED) is 0.137. The van der Waals surface area contributed by atoms with Gasteiger partial charge >= 0.3 is 0 Å². The van der Waals surface area contributed by atoms with Crippen molar-refractivity contribution in [2.24, 2.45) is 0 Å². The fraction of sp³-hybridized carbons (Fsp3) is 0.297. The van der Waals surface area contributed by atoms with Crippen LogP contribution >= 0.6 is 23.2 Å². The van der Waals surface area contributed by atoms with E-state index in [1.165, 1.54) is 4.90 Å². The second kappa shape index (κ2) is 16.3. The molecule has 4 aromatic rings. The molecule has 0 spiro atoms. The number of hydrogen-bond donors (Lipinski definition) is 1. The Balaban J connectivity index is 1.83. The van der Waals surface area contributed by atoms with E-state index in [-0.39, 0.29) is 23.8 Å². The summed E-state index contributed by atoms with van der Waals surface area (Å²) < 4.78 is 29.8. The number of carbonyl (C=O) groups excluding carboxylic acids is 2. The van der Waals surface area contributed by atoms with E-state index in [9.17, 15) is 18.0 Å². The van der Waals surface area contributed by atoms with Gasteiger partial charge in [0.25, 0.3) is 10.0 Å². The Bertz CT molecular complexity index is 1800. The lowest BCUT2D eigenvalue weighted by atomic mass is 10.0. The lowest BCUT2D eigenvalue weighted by Crippen LogP contribution is -2.53. The topological polar surface area (TPSA) is 86.8 Å². The van der Waals surface area contributed by atoms with Gasteiger partial charge in [0.1, 0.15) is 12.6 Å². The number of unbranched alkanes of at least 4 members (excludes halogenated alkanes) is 1. The van der Waals surface area contributed by atoms with Crippen molar-refractivity contribution in [2.75, 3.05) is 17.4 Å². The molecule has 0 fully saturated rings. The van der Waals surface area contributed by atoms with Crippen LogP contribution in [-0.2, 0) is 32.6 Å². The number of rotatable bonds is 14. The van der Waals surface area contributed by atoms with E-state index < -0.39 is 28.5 Å². The Morgan fingerprint density at radius 1 is 0.809 bits per heavy atom. The van der Waals surface area contributed by atoms with Gasteiger partial charge in [0.15, 0.2) is 0 Å². The Morgan fingerprint density at radius 3 is 2.15 bits per heavy atom. The lowest BCUT2D eigenvalue weighted by molar-refractivity contribution is -0.140. The van der Waals surface area contributed by atoms with Crippen LogP contribution in [0.4, 0.5) is 5.69 Å². The molecule has 0 radical (unpaired) electrons. The van der Waals surface area contributed by atoms with Crippen molar-refractivity contribution in [3.8, 4) is 0 Å². The largest absolute Gasteiger partial charge is 0.354 e. The van der Waals surface area contributed by atoms with Gasteiger partial charge in [-0.15, -0.1) is 0 Å². The zero-order valence-corrected chi connectivity index (χ0v) is 29.5. The molecule has 10 heteroatoms. The molecule has 0 heterocycles. The van der Waals surface area contributed by atoms with E-state index in [2.05, 4.69) is 5.32 Å². The standard InChI is InChI=1S/C37H41Cl2N3O4S/c1-5-6-20-40-37(44)35(23-29-10-8-7-9-11-29)41(24-30-16-19-32(38)33(39)22-30)36(43)25-42(34-21-27(3)12-15-28(34)4)47(45,46)31-17-13-26(2)14-18-31/h7-19,21-22,35H,5-6,20,23-25H2,1-4H3,(H,40,44)/t35-/m0/s1. The third-order valence-electron chi connectivity index (χ3n) is 7.96. The van der Waals surface area contributed by atoms with Crippen LogP contribution in [0.2, 0.25) is 10.0 Å². The van der Waals surface area contributed by atoms with E-state index in [1.54, 1.807) is 48.5 Å². The van der Waals surface area contributed by atoms with Crippen LogP contribution < -0.4 is 9.62 Å². The number of hydrogen-bond acceptors (Lipinski definition) is 4. The molecule has 0 bridgehead atoms. The van der Waals surface area contributed by atoms with Gasteiger partial charge in [-0.1, -0.05) is 103 Å². The van der Waals surface area contributed by atoms with Crippen LogP contribution in [0.3, 0.4) is 0 Å². The van der Waals surface area contributed by atoms with Crippen LogP contribution in [0.5, 0.6) is 0 Å². The van der Waals surface area contributed by atoms with Crippen LogP contribution in [0.25, 0.3) is 0 Å². The van der Waals surface area contributed by atoms with Gasteiger partial charge in [0.05, 0.1) is 20.6 Å². The number of aryl methyl sites for hydroxylation is 3. The van der Waals surface area contributed by atoms with Crippen molar-refractivity contribution in [1.29, 1.82) is 0 Å². The maximum Gasteiger partial charge on any atom is 0.264 e. The minimum absolute atomic E-state index is 0.000358. The highest BCUT2D eigenvalue weighted by Gasteiger charge is 2.35. The minimum atomic E-state index is -4.20. The molecule has 1 atom stereocenters. The summed E-state index contributed by atoms with van der Waals surface area (Å²) >= 11 is 12.6. The van der Waals surface area contributed by atoms with Crippen LogP contribution in [-0.4, -0.2) is 44.3 Å². The minimum Gasteiger partial charge on any atom is -0.354 e. The first-order chi connectivity index (χ1) is 22.4. The molecule has 4 aromatic carbocycles.